The van der Waals surface area contributed by atoms with Gasteiger partial charge in [-0.15, -0.1) is 0 Å². The summed E-state index contributed by atoms with van der Waals surface area (Å²) >= 11 is 0. The van der Waals surface area contributed by atoms with Crippen molar-refractivity contribution in [2.24, 2.45) is 0 Å². The van der Waals surface area contributed by atoms with E-state index in [1.165, 1.54) is 0 Å². The number of amides is 2. The van der Waals surface area contributed by atoms with E-state index in [4.69, 9.17) is 4.74 Å². The molecular weight excluding hydrogens is 258 g/mol. The van der Waals surface area contributed by atoms with E-state index < -0.39 is 0 Å². The minimum Gasteiger partial charge on any atom is -0.378 e. The van der Waals surface area contributed by atoms with Crippen molar-refractivity contribution in [2.75, 3.05) is 32.1 Å². The second kappa shape index (κ2) is 7.02. The first-order valence-electron chi connectivity index (χ1n) is 6.62. The Morgan fingerprint density at radius 3 is 2.70 bits per heavy atom. The molecule has 0 aromatic heterocycles. The average molecular weight is 277 g/mol. The molecule has 0 aliphatic carbocycles. The smallest absolute Gasteiger partial charge is 0.251 e. The highest BCUT2D eigenvalue weighted by molar-refractivity contribution is 5.95. The van der Waals surface area contributed by atoms with Gasteiger partial charge in [-0.05, 0) is 24.3 Å². The van der Waals surface area contributed by atoms with Crippen LogP contribution in [0, 0.1) is 0 Å². The third kappa shape index (κ3) is 4.04. The molecule has 1 aromatic carbocycles. The predicted octanol–water partition coefficient (Wildman–Crippen LogP) is 0.363. The maximum absolute atomic E-state index is 11.9. The lowest BCUT2D eigenvalue weighted by molar-refractivity contribution is -0.117. The van der Waals surface area contributed by atoms with Crippen molar-refractivity contribution in [1.29, 1.82) is 0 Å². The van der Waals surface area contributed by atoms with Crippen LogP contribution >= 0.6 is 0 Å². The molecule has 20 heavy (non-hydrogen) atoms. The molecule has 0 bridgehead atoms. The fourth-order valence-corrected chi connectivity index (χ4v) is 2.04. The SMILES string of the molecule is CNC(=O)c1ccc(NC(=O)CC2COCCN2)cc1. The Labute approximate surface area is 117 Å². The Morgan fingerprint density at radius 1 is 1.35 bits per heavy atom. The standard InChI is InChI=1S/C14H19N3O3/c1-15-14(19)10-2-4-11(5-3-10)17-13(18)8-12-9-20-7-6-16-12/h2-5,12,16H,6-9H2,1H3,(H,15,19)(H,17,18). The number of carbonyl (C=O) groups excluding carboxylic acids is 2. The van der Waals surface area contributed by atoms with E-state index in [2.05, 4.69) is 16.0 Å². The molecule has 1 aliphatic rings. The summed E-state index contributed by atoms with van der Waals surface area (Å²) in [7, 11) is 1.58. The van der Waals surface area contributed by atoms with Crippen molar-refractivity contribution < 1.29 is 14.3 Å². The van der Waals surface area contributed by atoms with Crippen molar-refractivity contribution in [3.8, 4) is 0 Å². The molecule has 1 saturated heterocycles. The number of benzene rings is 1. The summed E-state index contributed by atoms with van der Waals surface area (Å²) in [6.07, 6.45) is 0.372. The second-order valence-corrected chi connectivity index (χ2v) is 4.63. The molecule has 1 fully saturated rings. The summed E-state index contributed by atoms with van der Waals surface area (Å²) in [6.45, 7) is 2.03. The van der Waals surface area contributed by atoms with E-state index in [1.54, 1.807) is 31.3 Å². The minimum atomic E-state index is -0.147. The van der Waals surface area contributed by atoms with Crippen LogP contribution in [0.15, 0.2) is 24.3 Å². The zero-order valence-corrected chi connectivity index (χ0v) is 11.4. The van der Waals surface area contributed by atoms with Crippen LogP contribution in [0.5, 0.6) is 0 Å². The molecule has 0 saturated carbocycles. The third-order valence-corrected chi connectivity index (χ3v) is 3.09. The van der Waals surface area contributed by atoms with Crippen LogP contribution in [0.4, 0.5) is 5.69 Å². The normalized spacial score (nSPS) is 18.4. The van der Waals surface area contributed by atoms with Crippen LogP contribution in [0.3, 0.4) is 0 Å². The monoisotopic (exact) mass is 277 g/mol. The maximum Gasteiger partial charge on any atom is 0.251 e. The number of anilines is 1. The van der Waals surface area contributed by atoms with Gasteiger partial charge >= 0.3 is 0 Å². The van der Waals surface area contributed by atoms with Gasteiger partial charge in [-0.3, -0.25) is 9.59 Å². The number of carbonyl (C=O) groups is 2. The molecule has 0 spiro atoms. The molecule has 3 N–H and O–H groups in total. The highest BCUT2D eigenvalue weighted by atomic mass is 16.5. The summed E-state index contributed by atoms with van der Waals surface area (Å²) in [5, 5.41) is 8.58. The zero-order valence-electron chi connectivity index (χ0n) is 11.4. The first kappa shape index (κ1) is 14.5. The summed E-state index contributed by atoms with van der Waals surface area (Å²) in [5.74, 6) is -0.216. The predicted molar refractivity (Wildman–Crippen MR) is 75.7 cm³/mol. The number of ether oxygens (including phenoxy) is 1. The van der Waals surface area contributed by atoms with Crippen LogP contribution in [-0.2, 0) is 9.53 Å². The molecule has 6 nitrogen and oxygen atoms in total. The van der Waals surface area contributed by atoms with Gasteiger partial charge in [0, 0.05) is 37.3 Å². The van der Waals surface area contributed by atoms with E-state index in [-0.39, 0.29) is 17.9 Å². The Kier molecular flexibility index (Phi) is 5.09. The van der Waals surface area contributed by atoms with Gasteiger partial charge in [0.2, 0.25) is 5.91 Å². The van der Waals surface area contributed by atoms with Gasteiger partial charge in [0.1, 0.15) is 0 Å². The topological polar surface area (TPSA) is 79.5 Å². The highest BCUT2D eigenvalue weighted by Gasteiger charge is 2.16. The van der Waals surface area contributed by atoms with Crippen LogP contribution in [0.2, 0.25) is 0 Å². The molecular formula is C14H19N3O3. The third-order valence-electron chi connectivity index (χ3n) is 3.09. The fraction of sp³-hybridized carbons (Fsp3) is 0.429. The van der Waals surface area contributed by atoms with E-state index in [9.17, 15) is 9.59 Å². The Bertz CT molecular complexity index is 467. The van der Waals surface area contributed by atoms with Crippen molar-refractivity contribution >= 4 is 17.5 Å². The molecule has 0 radical (unpaired) electrons. The summed E-state index contributed by atoms with van der Waals surface area (Å²) in [4.78, 5) is 23.3. The molecule has 6 heteroatoms. The molecule has 1 heterocycles. The van der Waals surface area contributed by atoms with Crippen molar-refractivity contribution in [2.45, 2.75) is 12.5 Å². The molecule has 1 aliphatic heterocycles. The highest BCUT2D eigenvalue weighted by Crippen LogP contribution is 2.10. The van der Waals surface area contributed by atoms with E-state index in [0.29, 0.717) is 30.9 Å². The maximum atomic E-state index is 11.9. The summed E-state index contributed by atoms with van der Waals surface area (Å²) < 4.78 is 5.30. The molecule has 1 unspecified atom stereocenters. The van der Waals surface area contributed by atoms with Crippen molar-refractivity contribution in [3.63, 3.8) is 0 Å². The largest absolute Gasteiger partial charge is 0.378 e. The lowest BCUT2D eigenvalue weighted by Gasteiger charge is -2.23. The van der Waals surface area contributed by atoms with Gasteiger partial charge in [0.25, 0.3) is 5.91 Å². The van der Waals surface area contributed by atoms with Crippen molar-refractivity contribution in [1.82, 2.24) is 10.6 Å². The Balaban J connectivity index is 1.85. The molecule has 2 amide bonds. The van der Waals surface area contributed by atoms with E-state index >= 15 is 0 Å². The Morgan fingerprint density at radius 2 is 2.10 bits per heavy atom. The van der Waals surface area contributed by atoms with Crippen LogP contribution < -0.4 is 16.0 Å². The lowest BCUT2D eigenvalue weighted by atomic mass is 10.1. The minimum absolute atomic E-state index is 0.0638. The van der Waals surface area contributed by atoms with E-state index in [0.717, 1.165) is 6.54 Å². The summed E-state index contributed by atoms with van der Waals surface area (Å²) in [5.41, 5.74) is 1.24. The van der Waals surface area contributed by atoms with Gasteiger partial charge in [-0.1, -0.05) is 0 Å². The average Bonchev–Trinajstić information content (AvgIpc) is 2.48. The lowest BCUT2D eigenvalue weighted by Crippen LogP contribution is -2.43. The molecule has 2 rings (SSSR count). The van der Waals surface area contributed by atoms with Crippen LogP contribution in [0.1, 0.15) is 16.8 Å². The number of nitrogens with one attached hydrogen (secondary N) is 3. The van der Waals surface area contributed by atoms with Gasteiger partial charge in [0.15, 0.2) is 0 Å². The molecule has 1 atom stereocenters. The fourth-order valence-electron chi connectivity index (χ4n) is 2.04. The first-order valence-corrected chi connectivity index (χ1v) is 6.62. The van der Waals surface area contributed by atoms with Gasteiger partial charge in [-0.2, -0.15) is 0 Å². The van der Waals surface area contributed by atoms with Crippen LogP contribution in [0.25, 0.3) is 0 Å². The number of rotatable bonds is 4. The molecule has 108 valence electrons. The van der Waals surface area contributed by atoms with Gasteiger partial charge in [-0.25, -0.2) is 0 Å². The second-order valence-electron chi connectivity index (χ2n) is 4.63. The number of morpholine rings is 1. The van der Waals surface area contributed by atoms with Crippen LogP contribution in [-0.4, -0.2) is 44.7 Å². The number of hydrogen-bond acceptors (Lipinski definition) is 4. The summed E-state index contributed by atoms with van der Waals surface area (Å²) in [6, 6.07) is 6.85. The quantitative estimate of drug-likeness (QED) is 0.742. The molecule has 1 aromatic rings. The number of hydrogen-bond donors (Lipinski definition) is 3. The van der Waals surface area contributed by atoms with Gasteiger partial charge in [0.05, 0.1) is 13.2 Å². The van der Waals surface area contributed by atoms with Crippen molar-refractivity contribution in [3.05, 3.63) is 29.8 Å². The van der Waals surface area contributed by atoms with E-state index in [1.807, 2.05) is 0 Å². The zero-order chi connectivity index (χ0) is 14.4. The van der Waals surface area contributed by atoms with Gasteiger partial charge < -0.3 is 20.7 Å². The Hall–Kier alpha value is -1.92. The first-order chi connectivity index (χ1) is 9.69.